The fourth-order valence-corrected chi connectivity index (χ4v) is 3.58. The Morgan fingerprint density at radius 3 is 1.96 bits per heavy atom. The van der Waals surface area contributed by atoms with Gasteiger partial charge in [-0.25, -0.2) is 0 Å². The number of rotatable bonds is 4. The smallest absolute Gasteiger partial charge is 0.184 e. The third-order valence-corrected chi connectivity index (χ3v) is 5.34. The topological polar surface area (TPSA) is 77.4 Å². The Kier molecular flexibility index (Phi) is 6.20. The Hall–Kier alpha value is -1.22. The highest BCUT2D eigenvalue weighted by Gasteiger charge is 2.46. The van der Waals surface area contributed by atoms with Crippen LogP contribution in [0.25, 0.3) is 0 Å². The summed E-state index contributed by atoms with van der Waals surface area (Å²) in [6, 6.07) is 14.2. The maximum absolute atomic E-state index is 10.6. The lowest BCUT2D eigenvalue weighted by Gasteiger charge is -2.40. The second-order valence-electron chi connectivity index (χ2n) is 6.72. The normalized spacial score (nSPS) is 33.1. The van der Waals surface area contributed by atoms with Gasteiger partial charge < -0.3 is 29.2 Å². The molecule has 4 rings (SSSR count). The Bertz CT molecular complexity index is 784. The van der Waals surface area contributed by atoms with Crippen LogP contribution in [-0.2, 0) is 18.9 Å². The monoisotopic (exact) mass is 426 g/mol. The van der Waals surface area contributed by atoms with E-state index in [1.165, 1.54) is 0 Å². The van der Waals surface area contributed by atoms with Gasteiger partial charge >= 0.3 is 0 Å². The minimum absolute atomic E-state index is 0.237. The van der Waals surface area contributed by atoms with Gasteiger partial charge in [-0.1, -0.05) is 47.5 Å². The molecule has 2 N–H and O–H groups in total. The Labute approximate surface area is 172 Å². The van der Waals surface area contributed by atoms with Gasteiger partial charge in [0.1, 0.15) is 24.4 Å². The molecule has 0 aromatic heterocycles. The largest absolute Gasteiger partial charge is 0.394 e. The van der Waals surface area contributed by atoms with E-state index >= 15 is 0 Å². The summed E-state index contributed by atoms with van der Waals surface area (Å²) < 4.78 is 23.4. The molecule has 2 aliphatic heterocycles. The average molecular weight is 427 g/mol. The first-order chi connectivity index (χ1) is 13.5. The Morgan fingerprint density at radius 1 is 0.821 bits per heavy atom. The second kappa shape index (κ2) is 8.65. The van der Waals surface area contributed by atoms with Gasteiger partial charge in [0.2, 0.25) is 0 Å². The molecule has 2 aromatic rings. The van der Waals surface area contributed by atoms with E-state index in [4.69, 9.17) is 42.1 Å². The highest BCUT2D eigenvalue weighted by atomic mass is 35.5. The van der Waals surface area contributed by atoms with Crippen molar-refractivity contribution < 1.29 is 29.2 Å². The number of benzene rings is 2. The van der Waals surface area contributed by atoms with Gasteiger partial charge in [0.05, 0.1) is 13.2 Å². The summed E-state index contributed by atoms with van der Waals surface area (Å²) in [5.74, 6) is 0. The summed E-state index contributed by atoms with van der Waals surface area (Å²) in [7, 11) is 0. The molecule has 0 bridgehead atoms. The predicted octanol–water partition coefficient (Wildman–Crippen LogP) is 3.24. The van der Waals surface area contributed by atoms with Gasteiger partial charge in [-0.3, -0.25) is 0 Å². The summed E-state index contributed by atoms with van der Waals surface area (Å²) in [4.78, 5) is 0. The second-order valence-corrected chi connectivity index (χ2v) is 7.60. The summed E-state index contributed by atoms with van der Waals surface area (Å²) >= 11 is 11.9. The van der Waals surface area contributed by atoms with Gasteiger partial charge in [-0.05, 0) is 24.3 Å². The number of hydrogen-bond donors (Lipinski definition) is 2. The van der Waals surface area contributed by atoms with Crippen molar-refractivity contribution in [2.75, 3.05) is 13.2 Å². The molecule has 0 radical (unpaired) electrons. The van der Waals surface area contributed by atoms with Crippen LogP contribution >= 0.6 is 23.2 Å². The molecule has 28 heavy (non-hydrogen) atoms. The lowest BCUT2D eigenvalue weighted by atomic mass is 10.0. The van der Waals surface area contributed by atoms with Crippen LogP contribution in [0.1, 0.15) is 23.7 Å². The Balaban J connectivity index is 1.50. The van der Waals surface area contributed by atoms with Crippen molar-refractivity contribution in [2.24, 2.45) is 0 Å². The molecule has 2 unspecified atom stereocenters. The Morgan fingerprint density at radius 2 is 1.39 bits per heavy atom. The van der Waals surface area contributed by atoms with Crippen molar-refractivity contribution in [1.82, 2.24) is 0 Å². The van der Waals surface area contributed by atoms with E-state index in [-0.39, 0.29) is 13.2 Å². The van der Waals surface area contributed by atoms with Crippen LogP contribution in [-0.4, -0.2) is 47.8 Å². The molecule has 0 saturated carbocycles. The van der Waals surface area contributed by atoms with Crippen molar-refractivity contribution in [3.63, 3.8) is 0 Å². The molecular weight excluding hydrogens is 407 g/mol. The summed E-state index contributed by atoms with van der Waals surface area (Å²) in [5, 5.41) is 21.5. The van der Waals surface area contributed by atoms with Crippen molar-refractivity contribution in [1.29, 1.82) is 0 Å². The van der Waals surface area contributed by atoms with E-state index in [9.17, 15) is 10.2 Å². The zero-order chi connectivity index (χ0) is 19.7. The van der Waals surface area contributed by atoms with E-state index < -0.39 is 37.0 Å². The molecule has 6 nitrogen and oxygen atoms in total. The molecule has 150 valence electrons. The molecule has 2 fully saturated rings. The van der Waals surface area contributed by atoms with Gasteiger partial charge in [-0.2, -0.15) is 0 Å². The molecule has 8 heteroatoms. The highest BCUT2D eigenvalue weighted by molar-refractivity contribution is 6.30. The van der Waals surface area contributed by atoms with E-state index in [1.54, 1.807) is 36.4 Å². The molecule has 2 saturated heterocycles. The summed E-state index contributed by atoms with van der Waals surface area (Å²) in [6.45, 7) is -0.111. The van der Waals surface area contributed by atoms with Crippen molar-refractivity contribution in [2.45, 2.75) is 37.0 Å². The lowest BCUT2D eigenvalue weighted by molar-refractivity contribution is -0.310. The fourth-order valence-electron chi connectivity index (χ4n) is 3.33. The molecule has 0 amide bonds. The highest BCUT2D eigenvalue weighted by Crippen LogP contribution is 2.37. The third-order valence-electron chi connectivity index (χ3n) is 4.84. The van der Waals surface area contributed by atoms with E-state index in [2.05, 4.69) is 0 Å². The van der Waals surface area contributed by atoms with E-state index in [1.807, 2.05) is 12.1 Å². The summed E-state index contributed by atoms with van der Waals surface area (Å²) in [6.07, 6.45) is -4.47. The molecule has 2 aromatic carbocycles. The summed E-state index contributed by atoms with van der Waals surface area (Å²) in [5.41, 5.74) is 1.55. The molecular formula is C20H20Cl2O6. The van der Waals surface area contributed by atoms with Gasteiger partial charge in [0.15, 0.2) is 12.6 Å². The van der Waals surface area contributed by atoms with Crippen LogP contribution in [0.15, 0.2) is 48.5 Å². The van der Waals surface area contributed by atoms with Gasteiger partial charge in [0, 0.05) is 21.2 Å². The first kappa shape index (κ1) is 20.1. The zero-order valence-corrected chi connectivity index (χ0v) is 16.3. The standard InChI is InChI=1S/C20H20Cl2O6/c21-13-5-1-11(2-6-13)19-25-10-16(27-19)18-17(24)15(9-23)26-20(28-18)12-3-7-14(22)8-4-12/h1-8,15-20,23-24H,9-10H2/t15-,16+,17+,18+,19?,20?/m0/s1. The minimum atomic E-state index is -1.06. The minimum Gasteiger partial charge on any atom is -0.394 e. The molecule has 2 heterocycles. The maximum Gasteiger partial charge on any atom is 0.184 e. The quantitative estimate of drug-likeness (QED) is 0.781. The van der Waals surface area contributed by atoms with Crippen LogP contribution in [0.4, 0.5) is 0 Å². The molecule has 6 atom stereocenters. The van der Waals surface area contributed by atoms with Gasteiger partial charge in [0.25, 0.3) is 0 Å². The lowest BCUT2D eigenvalue weighted by Crippen LogP contribution is -2.54. The number of hydrogen-bond acceptors (Lipinski definition) is 6. The molecule has 2 aliphatic rings. The maximum atomic E-state index is 10.6. The third kappa shape index (κ3) is 4.20. The van der Waals surface area contributed by atoms with E-state index in [0.29, 0.717) is 10.0 Å². The van der Waals surface area contributed by atoms with Crippen molar-refractivity contribution >= 4 is 23.2 Å². The fraction of sp³-hybridized carbons (Fsp3) is 0.400. The SMILES string of the molecule is OC[C@@H]1OC(c2ccc(Cl)cc2)O[C@H]([C@H]2COC(c3ccc(Cl)cc3)O2)[C@@H]1O. The van der Waals surface area contributed by atoms with Crippen LogP contribution in [0, 0.1) is 0 Å². The zero-order valence-electron chi connectivity index (χ0n) is 14.8. The number of halogens is 2. The first-order valence-corrected chi connectivity index (χ1v) is 9.68. The van der Waals surface area contributed by atoms with E-state index in [0.717, 1.165) is 11.1 Å². The van der Waals surface area contributed by atoms with Gasteiger partial charge in [-0.15, -0.1) is 0 Å². The van der Waals surface area contributed by atoms with Crippen LogP contribution in [0.3, 0.4) is 0 Å². The number of aliphatic hydroxyl groups excluding tert-OH is 2. The average Bonchev–Trinajstić information content (AvgIpc) is 3.19. The number of ether oxygens (including phenoxy) is 4. The van der Waals surface area contributed by atoms with Crippen LogP contribution in [0.5, 0.6) is 0 Å². The van der Waals surface area contributed by atoms with Crippen molar-refractivity contribution in [3.8, 4) is 0 Å². The number of aliphatic hydroxyl groups is 2. The van der Waals surface area contributed by atoms with Crippen LogP contribution in [0.2, 0.25) is 10.0 Å². The molecule has 0 aliphatic carbocycles. The van der Waals surface area contributed by atoms with Crippen LogP contribution < -0.4 is 0 Å². The first-order valence-electron chi connectivity index (χ1n) is 8.93. The predicted molar refractivity (Wildman–Crippen MR) is 102 cm³/mol. The molecule has 0 spiro atoms. The van der Waals surface area contributed by atoms with Crippen molar-refractivity contribution in [3.05, 3.63) is 69.7 Å².